The number of rotatable bonds is 5. The molecule has 1 aliphatic rings. The predicted octanol–water partition coefficient (Wildman–Crippen LogP) is 6.38. The molecule has 4 rings (SSSR count). The van der Waals surface area contributed by atoms with Crippen LogP contribution in [0.2, 0.25) is 15.1 Å². The van der Waals surface area contributed by atoms with Crippen molar-refractivity contribution in [1.29, 1.82) is 0 Å². The minimum absolute atomic E-state index is 0.0186. The van der Waals surface area contributed by atoms with Crippen LogP contribution in [0.1, 0.15) is 23.3 Å². The van der Waals surface area contributed by atoms with Crippen molar-refractivity contribution >= 4 is 40.5 Å². The van der Waals surface area contributed by atoms with Gasteiger partial charge < -0.3 is 10.0 Å². The summed E-state index contributed by atoms with van der Waals surface area (Å²) in [6, 6.07) is 19.3. The molecule has 3 aromatic rings. The normalized spacial score (nSPS) is 18.2. The molecule has 0 amide bonds. The van der Waals surface area contributed by atoms with Crippen LogP contribution in [0.3, 0.4) is 0 Å². The van der Waals surface area contributed by atoms with Crippen LogP contribution in [0, 0.1) is 5.82 Å². The fraction of sp³-hybridized carbons (Fsp3) is 0.250. The summed E-state index contributed by atoms with van der Waals surface area (Å²) in [5.74, 6) is -0.313. The minimum atomic E-state index is -0.697. The van der Waals surface area contributed by atoms with E-state index < -0.39 is 6.10 Å². The summed E-state index contributed by atoms with van der Waals surface area (Å²) >= 11 is 18.7. The molecule has 1 aliphatic heterocycles. The van der Waals surface area contributed by atoms with E-state index in [1.807, 2.05) is 36.4 Å². The van der Waals surface area contributed by atoms with Crippen molar-refractivity contribution in [2.45, 2.75) is 12.1 Å². The molecule has 7 heteroatoms. The van der Waals surface area contributed by atoms with Gasteiger partial charge >= 0.3 is 0 Å². The van der Waals surface area contributed by atoms with Crippen LogP contribution in [-0.4, -0.2) is 36.2 Å². The molecule has 1 N–H and O–H groups in total. The van der Waals surface area contributed by atoms with E-state index in [0.717, 1.165) is 24.3 Å². The Balaban J connectivity index is 1.58. The van der Waals surface area contributed by atoms with Crippen LogP contribution in [0.15, 0.2) is 66.7 Å². The topological polar surface area (TPSA) is 26.7 Å². The predicted molar refractivity (Wildman–Crippen MR) is 126 cm³/mol. The van der Waals surface area contributed by atoms with Crippen molar-refractivity contribution in [1.82, 2.24) is 4.90 Å². The van der Waals surface area contributed by atoms with Crippen LogP contribution < -0.4 is 4.90 Å². The van der Waals surface area contributed by atoms with Crippen molar-refractivity contribution in [3.8, 4) is 0 Å². The second-order valence-electron chi connectivity index (χ2n) is 7.68. The molecule has 1 unspecified atom stereocenters. The monoisotopic (exact) mass is 478 g/mol. The Morgan fingerprint density at radius 1 is 0.903 bits per heavy atom. The number of hydrogen-bond acceptors (Lipinski definition) is 3. The van der Waals surface area contributed by atoms with Gasteiger partial charge in [-0.05, 0) is 53.6 Å². The molecule has 2 atom stereocenters. The van der Waals surface area contributed by atoms with Crippen LogP contribution >= 0.6 is 34.8 Å². The molecule has 3 nitrogen and oxygen atoms in total. The van der Waals surface area contributed by atoms with E-state index in [1.165, 1.54) is 12.1 Å². The minimum Gasteiger partial charge on any atom is -0.387 e. The Labute approximate surface area is 196 Å². The van der Waals surface area contributed by atoms with E-state index in [0.29, 0.717) is 33.7 Å². The maximum absolute atomic E-state index is 13.2. The van der Waals surface area contributed by atoms with Crippen LogP contribution in [-0.2, 0) is 0 Å². The lowest BCUT2D eigenvalue weighted by molar-refractivity contribution is 0.100. The highest BCUT2D eigenvalue weighted by Crippen LogP contribution is 2.37. The lowest BCUT2D eigenvalue weighted by Gasteiger charge is -2.44. The molecule has 0 radical (unpaired) electrons. The van der Waals surface area contributed by atoms with E-state index in [-0.39, 0.29) is 11.9 Å². The maximum atomic E-state index is 13.2. The Morgan fingerprint density at radius 2 is 1.58 bits per heavy atom. The molecule has 1 heterocycles. The molecule has 1 fully saturated rings. The summed E-state index contributed by atoms with van der Waals surface area (Å²) in [6.45, 7) is 2.63. The number of benzene rings is 3. The SMILES string of the molecule is OC(CN1CCN(c2ccc(Cl)cc2Cl)[C@H](c2ccc(Cl)cc2)C1)c1ccc(F)cc1. The van der Waals surface area contributed by atoms with Crippen molar-refractivity contribution < 1.29 is 9.50 Å². The Bertz CT molecular complexity index is 1030. The quantitative estimate of drug-likeness (QED) is 0.460. The fourth-order valence-corrected chi connectivity index (χ4v) is 4.66. The second kappa shape index (κ2) is 9.76. The lowest BCUT2D eigenvalue weighted by atomic mass is 10.0. The van der Waals surface area contributed by atoms with Gasteiger partial charge in [-0.25, -0.2) is 4.39 Å². The highest BCUT2D eigenvalue weighted by Gasteiger charge is 2.30. The van der Waals surface area contributed by atoms with E-state index >= 15 is 0 Å². The molecular weight excluding hydrogens is 458 g/mol. The third kappa shape index (κ3) is 5.33. The number of nitrogens with zero attached hydrogens (tertiary/aromatic N) is 2. The molecule has 0 bridgehead atoms. The zero-order chi connectivity index (χ0) is 22.0. The summed E-state index contributed by atoms with van der Waals surface area (Å²) in [4.78, 5) is 4.48. The standard InChI is InChI=1S/C24H22Cl3FN2O/c25-18-5-1-16(2-6-18)23-14-29(15-24(31)17-3-8-20(28)9-4-17)11-12-30(23)22-10-7-19(26)13-21(22)27/h1-10,13,23-24,31H,11-12,14-15H2/t23-,24?/m0/s1. The summed E-state index contributed by atoms with van der Waals surface area (Å²) in [5.41, 5.74) is 2.73. The highest BCUT2D eigenvalue weighted by molar-refractivity contribution is 6.36. The molecule has 31 heavy (non-hydrogen) atoms. The zero-order valence-electron chi connectivity index (χ0n) is 16.7. The highest BCUT2D eigenvalue weighted by atomic mass is 35.5. The maximum Gasteiger partial charge on any atom is 0.123 e. The van der Waals surface area contributed by atoms with Gasteiger partial charge in [-0.2, -0.15) is 0 Å². The number of β-amino-alcohol motifs (C(OH)–C–C–N with tert-alkyl or cyclic N) is 1. The molecular formula is C24H22Cl3FN2O. The van der Waals surface area contributed by atoms with Crippen molar-refractivity contribution in [3.63, 3.8) is 0 Å². The van der Waals surface area contributed by atoms with Gasteiger partial charge in [-0.1, -0.05) is 59.1 Å². The van der Waals surface area contributed by atoms with E-state index in [2.05, 4.69) is 9.80 Å². The number of aliphatic hydroxyl groups is 1. The van der Waals surface area contributed by atoms with E-state index in [4.69, 9.17) is 34.8 Å². The summed E-state index contributed by atoms with van der Waals surface area (Å²) in [5, 5.41) is 12.6. The zero-order valence-corrected chi connectivity index (χ0v) is 19.0. The van der Waals surface area contributed by atoms with Crippen LogP contribution in [0.25, 0.3) is 0 Å². The smallest absolute Gasteiger partial charge is 0.123 e. The van der Waals surface area contributed by atoms with Gasteiger partial charge in [0.1, 0.15) is 5.82 Å². The second-order valence-corrected chi connectivity index (χ2v) is 8.96. The lowest BCUT2D eigenvalue weighted by Crippen LogP contribution is -2.49. The largest absolute Gasteiger partial charge is 0.387 e. The molecule has 0 aromatic heterocycles. The van der Waals surface area contributed by atoms with Gasteiger partial charge in [-0.15, -0.1) is 0 Å². The molecule has 162 valence electrons. The number of halogens is 4. The van der Waals surface area contributed by atoms with Gasteiger partial charge in [0, 0.05) is 36.2 Å². The van der Waals surface area contributed by atoms with E-state index in [1.54, 1.807) is 18.2 Å². The average molecular weight is 480 g/mol. The van der Waals surface area contributed by atoms with Crippen LogP contribution in [0.4, 0.5) is 10.1 Å². The third-order valence-corrected chi connectivity index (χ3v) is 6.41. The van der Waals surface area contributed by atoms with Crippen molar-refractivity contribution in [3.05, 3.63) is 98.7 Å². The Kier molecular flexibility index (Phi) is 7.05. The van der Waals surface area contributed by atoms with Gasteiger partial charge in [0.05, 0.1) is 22.9 Å². The number of aliphatic hydroxyl groups excluding tert-OH is 1. The van der Waals surface area contributed by atoms with Crippen molar-refractivity contribution in [2.24, 2.45) is 0 Å². The first-order valence-corrected chi connectivity index (χ1v) is 11.2. The molecule has 3 aromatic carbocycles. The molecule has 0 spiro atoms. The van der Waals surface area contributed by atoms with E-state index in [9.17, 15) is 9.50 Å². The third-order valence-electron chi connectivity index (χ3n) is 5.62. The Morgan fingerprint density at radius 3 is 2.26 bits per heavy atom. The first-order chi connectivity index (χ1) is 14.9. The van der Waals surface area contributed by atoms with Crippen molar-refractivity contribution in [2.75, 3.05) is 31.1 Å². The fourth-order valence-electron chi connectivity index (χ4n) is 4.01. The first-order valence-electron chi connectivity index (χ1n) is 10.0. The summed E-state index contributed by atoms with van der Waals surface area (Å²) in [6.07, 6.45) is -0.697. The summed E-state index contributed by atoms with van der Waals surface area (Å²) in [7, 11) is 0. The number of piperazine rings is 1. The van der Waals surface area contributed by atoms with Gasteiger partial charge in [-0.3, -0.25) is 4.90 Å². The Hall–Kier alpha value is -1.82. The van der Waals surface area contributed by atoms with Gasteiger partial charge in [0.15, 0.2) is 0 Å². The first kappa shape index (κ1) is 22.4. The number of hydrogen-bond donors (Lipinski definition) is 1. The number of anilines is 1. The molecule has 0 aliphatic carbocycles. The molecule has 1 saturated heterocycles. The average Bonchev–Trinajstić information content (AvgIpc) is 2.75. The van der Waals surface area contributed by atoms with Crippen LogP contribution in [0.5, 0.6) is 0 Å². The molecule has 0 saturated carbocycles. The van der Waals surface area contributed by atoms with Gasteiger partial charge in [0.25, 0.3) is 0 Å². The summed E-state index contributed by atoms with van der Waals surface area (Å²) < 4.78 is 13.2. The van der Waals surface area contributed by atoms with Gasteiger partial charge in [0.2, 0.25) is 0 Å².